The molecule has 2 aromatic carbocycles. The lowest BCUT2D eigenvalue weighted by atomic mass is 9.98. The zero-order valence-corrected chi connectivity index (χ0v) is 18.3. The number of amides is 1. The predicted molar refractivity (Wildman–Crippen MR) is 119 cm³/mol. The quantitative estimate of drug-likeness (QED) is 0.496. The SMILES string of the molecule is CC(C)(C)OC(=O)C[C@@H](/C=C/C(=O)O)NC(=O)OCC1c2ccccc2-c2ccccc21. The van der Waals surface area contributed by atoms with Crippen molar-refractivity contribution >= 4 is 18.0 Å². The molecular weight excluding hydrogens is 410 g/mol. The summed E-state index contributed by atoms with van der Waals surface area (Å²) in [4.78, 5) is 35.5. The second-order valence-corrected chi connectivity index (χ2v) is 8.56. The molecule has 0 aliphatic heterocycles. The molecule has 1 aliphatic rings. The van der Waals surface area contributed by atoms with Gasteiger partial charge in [0.05, 0.1) is 12.5 Å². The lowest BCUT2D eigenvalue weighted by Gasteiger charge is -2.22. The minimum Gasteiger partial charge on any atom is -0.478 e. The van der Waals surface area contributed by atoms with Gasteiger partial charge in [0.15, 0.2) is 0 Å². The van der Waals surface area contributed by atoms with Crippen molar-refractivity contribution in [3.05, 3.63) is 71.8 Å². The maximum Gasteiger partial charge on any atom is 0.407 e. The van der Waals surface area contributed by atoms with E-state index in [0.717, 1.165) is 28.3 Å². The molecule has 3 rings (SSSR count). The largest absolute Gasteiger partial charge is 0.478 e. The van der Waals surface area contributed by atoms with E-state index in [0.29, 0.717) is 0 Å². The number of rotatable bonds is 7. The maximum absolute atomic E-state index is 12.5. The van der Waals surface area contributed by atoms with Gasteiger partial charge in [-0.3, -0.25) is 4.79 Å². The normalized spacial score (nSPS) is 13.8. The Balaban J connectivity index is 1.66. The molecule has 1 aliphatic carbocycles. The highest BCUT2D eigenvalue weighted by Gasteiger charge is 2.29. The van der Waals surface area contributed by atoms with Gasteiger partial charge in [-0.1, -0.05) is 54.6 Å². The van der Waals surface area contributed by atoms with E-state index in [1.165, 1.54) is 6.08 Å². The van der Waals surface area contributed by atoms with Crippen LogP contribution in [0.25, 0.3) is 11.1 Å². The third kappa shape index (κ3) is 5.97. The molecule has 0 spiro atoms. The monoisotopic (exact) mass is 437 g/mol. The molecule has 168 valence electrons. The van der Waals surface area contributed by atoms with Crippen LogP contribution in [0, 0.1) is 0 Å². The molecule has 7 heteroatoms. The number of fused-ring (bicyclic) bond motifs is 3. The summed E-state index contributed by atoms with van der Waals surface area (Å²) in [6, 6.07) is 15.1. The van der Waals surface area contributed by atoms with Crippen molar-refractivity contribution in [1.29, 1.82) is 0 Å². The van der Waals surface area contributed by atoms with Crippen molar-refractivity contribution in [2.24, 2.45) is 0 Å². The number of carboxylic acids is 1. The van der Waals surface area contributed by atoms with Gasteiger partial charge in [0.2, 0.25) is 0 Å². The van der Waals surface area contributed by atoms with Crippen molar-refractivity contribution in [3.63, 3.8) is 0 Å². The molecule has 0 saturated carbocycles. The Hall–Kier alpha value is -3.61. The Morgan fingerprint density at radius 1 is 1.03 bits per heavy atom. The first-order valence-corrected chi connectivity index (χ1v) is 10.4. The number of benzene rings is 2. The number of ether oxygens (including phenoxy) is 2. The first-order valence-electron chi connectivity index (χ1n) is 10.4. The third-order valence-electron chi connectivity index (χ3n) is 4.92. The number of alkyl carbamates (subject to hydrolysis) is 1. The summed E-state index contributed by atoms with van der Waals surface area (Å²) >= 11 is 0. The molecule has 0 radical (unpaired) electrons. The Bertz CT molecular complexity index is 991. The molecule has 1 atom stereocenters. The molecule has 2 aromatic rings. The van der Waals surface area contributed by atoms with Crippen LogP contribution in [0.4, 0.5) is 4.79 Å². The number of aliphatic carboxylic acids is 1. The fraction of sp³-hybridized carbons (Fsp3) is 0.320. The number of carbonyl (C=O) groups excluding carboxylic acids is 2. The summed E-state index contributed by atoms with van der Waals surface area (Å²) in [5, 5.41) is 11.5. The van der Waals surface area contributed by atoms with E-state index in [4.69, 9.17) is 14.6 Å². The van der Waals surface area contributed by atoms with Gasteiger partial charge in [0.1, 0.15) is 12.2 Å². The standard InChI is InChI=1S/C25H27NO6/c1-25(2,3)32-23(29)14-16(12-13-22(27)28)26-24(30)31-15-21-19-10-6-4-8-17(19)18-9-5-7-11-20(18)21/h4-13,16,21H,14-15H2,1-3H3,(H,26,30)(H,27,28)/b13-12+/t16-/m1/s1. The second kappa shape index (κ2) is 9.68. The summed E-state index contributed by atoms with van der Waals surface area (Å²) in [6.07, 6.45) is 1.15. The van der Waals surface area contributed by atoms with Crippen LogP contribution in [0.15, 0.2) is 60.7 Å². The van der Waals surface area contributed by atoms with Crippen molar-refractivity contribution in [3.8, 4) is 11.1 Å². The van der Waals surface area contributed by atoms with E-state index in [1.807, 2.05) is 48.5 Å². The van der Waals surface area contributed by atoms with Gasteiger partial charge in [-0.05, 0) is 43.0 Å². The van der Waals surface area contributed by atoms with Crippen LogP contribution in [0.3, 0.4) is 0 Å². The minimum absolute atomic E-state index is 0.105. The summed E-state index contributed by atoms with van der Waals surface area (Å²) in [7, 11) is 0. The Kier molecular flexibility index (Phi) is 6.98. The summed E-state index contributed by atoms with van der Waals surface area (Å²) < 4.78 is 10.7. The lowest BCUT2D eigenvalue weighted by molar-refractivity contribution is -0.155. The number of hydrogen-bond acceptors (Lipinski definition) is 5. The summed E-state index contributed by atoms with van der Waals surface area (Å²) in [5.41, 5.74) is 3.70. The zero-order valence-electron chi connectivity index (χ0n) is 18.3. The Morgan fingerprint density at radius 3 is 2.12 bits per heavy atom. The number of esters is 1. The van der Waals surface area contributed by atoms with Gasteiger partial charge in [-0.25, -0.2) is 9.59 Å². The molecule has 0 aromatic heterocycles. The lowest BCUT2D eigenvalue weighted by Crippen LogP contribution is -2.37. The van der Waals surface area contributed by atoms with E-state index in [9.17, 15) is 14.4 Å². The van der Waals surface area contributed by atoms with Gasteiger partial charge in [0.25, 0.3) is 0 Å². The van der Waals surface area contributed by atoms with Crippen LogP contribution in [0.2, 0.25) is 0 Å². The Labute approximate surface area is 187 Å². The van der Waals surface area contributed by atoms with E-state index in [2.05, 4.69) is 5.32 Å². The highest BCUT2D eigenvalue weighted by atomic mass is 16.6. The fourth-order valence-corrected chi connectivity index (χ4v) is 3.72. The minimum atomic E-state index is -1.19. The fourth-order valence-electron chi connectivity index (χ4n) is 3.72. The van der Waals surface area contributed by atoms with Crippen LogP contribution in [-0.2, 0) is 19.1 Å². The Morgan fingerprint density at radius 2 is 1.59 bits per heavy atom. The summed E-state index contributed by atoms with van der Waals surface area (Å²) in [5.74, 6) is -1.85. The predicted octanol–water partition coefficient (Wildman–Crippen LogP) is 4.27. The molecule has 0 bridgehead atoms. The molecule has 2 N–H and O–H groups in total. The first kappa shape index (κ1) is 23.1. The maximum atomic E-state index is 12.5. The molecule has 32 heavy (non-hydrogen) atoms. The van der Waals surface area contributed by atoms with Gasteiger partial charge < -0.3 is 19.9 Å². The molecule has 0 fully saturated rings. The molecule has 1 amide bonds. The van der Waals surface area contributed by atoms with Crippen molar-refractivity contribution < 1.29 is 29.0 Å². The topological polar surface area (TPSA) is 102 Å². The number of nitrogens with one attached hydrogen (secondary N) is 1. The first-order chi connectivity index (χ1) is 15.1. The molecular formula is C25H27NO6. The van der Waals surface area contributed by atoms with Crippen LogP contribution < -0.4 is 5.32 Å². The molecule has 0 unspecified atom stereocenters. The average Bonchev–Trinajstić information content (AvgIpc) is 3.03. The molecule has 7 nitrogen and oxygen atoms in total. The van der Waals surface area contributed by atoms with E-state index in [-0.39, 0.29) is 18.9 Å². The van der Waals surface area contributed by atoms with Gasteiger partial charge in [-0.2, -0.15) is 0 Å². The van der Waals surface area contributed by atoms with Crippen molar-refractivity contribution in [2.75, 3.05) is 6.61 Å². The van der Waals surface area contributed by atoms with Crippen LogP contribution in [-0.4, -0.2) is 41.4 Å². The van der Waals surface area contributed by atoms with E-state index < -0.39 is 29.7 Å². The van der Waals surface area contributed by atoms with Crippen molar-refractivity contribution in [1.82, 2.24) is 5.32 Å². The molecule has 0 heterocycles. The van der Waals surface area contributed by atoms with Gasteiger partial charge >= 0.3 is 18.0 Å². The average molecular weight is 437 g/mol. The zero-order chi connectivity index (χ0) is 23.3. The van der Waals surface area contributed by atoms with E-state index in [1.54, 1.807) is 20.8 Å². The van der Waals surface area contributed by atoms with Gasteiger partial charge in [0, 0.05) is 12.0 Å². The second-order valence-electron chi connectivity index (χ2n) is 8.56. The number of hydrogen-bond donors (Lipinski definition) is 2. The highest BCUT2D eigenvalue weighted by molar-refractivity contribution is 5.81. The van der Waals surface area contributed by atoms with Crippen molar-refractivity contribution in [2.45, 2.75) is 44.8 Å². The molecule has 0 saturated heterocycles. The van der Waals surface area contributed by atoms with Gasteiger partial charge in [-0.15, -0.1) is 0 Å². The van der Waals surface area contributed by atoms with E-state index >= 15 is 0 Å². The third-order valence-corrected chi connectivity index (χ3v) is 4.92. The number of carboxylic acid groups (broad SMARTS) is 1. The van der Waals surface area contributed by atoms with Crippen LogP contribution in [0.5, 0.6) is 0 Å². The highest BCUT2D eigenvalue weighted by Crippen LogP contribution is 2.44. The van der Waals surface area contributed by atoms with Crippen LogP contribution in [0.1, 0.15) is 44.2 Å². The smallest absolute Gasteiger partial charge is 0.407 e. The number of carbonyl (C=O) groups is 3. The van der Waals surface area contributed by atoms with Crippen LogP contribution >= 0.6 is 0 Å². The summed E-state index contributed by atoms with van der Waals surface area (Å²) in [6.45, 7) is 5.30.